The number of methoxy groups -OCH3 is 1. The van der Waals surface area contributed by atoms with Crippen LogP contribution in [0.2, 0.25) is 0 Å². The highest BCUT2D eigenvalue weighted by atomic mass is 32.2. The Balaban J connectivity index is 1.75. The summed E-state index contributed by atoms with van der Waals surface area (Å²) in [6.45, 7) is 8.68. The lowest BCUT2D eigenvalue weighted by Crippen LogP contribution is -2.38. The minimum atomic E-state index is -4.82. The van der Waals surface area contributed by atoms with Crippen LogP contribution in [0.5, 0.6) is 11.5 Å². The quantitative estimate of drug-likeness (QED) is 0.448. The molecule has 5 nitrogen and oxygen atoms in total. The van der Waals surface area contributed by atoms with Crippen LogP contribution in [0.4, 0.5) is 23.7 Å². The number of ether oxygens (including phenoxy) is 2. The molecule has 1 atom stereocenters. The number of hydrogen-bond acceptors (Lipinski definition) is 5. The average Bonchev–Trinajstić information content (AvgIpc) is 3.02. The molecule has 2 aromatic rings. The van der Waals surface area contributed by atoms with Crippen molar-refractivity contribution in [1.29, 1.82) is 0 Å². The monoisotopic (exact) mass is 507 g/mol. The summed E-state index contributed by atoms with van der Waals surface area (Å²) >= 11 is 0.602. The Morgan fingerprint density at radius 3 is 2.26 bits per heavy atom. The molecular weight excluding hydrogens is 479 g/mol. The van der Waals surface area contributed by atoms with Gasteiger partial charge in [-0.05, 0) is 64.6 Å². The van der Waals surface area contributed by atoms with E-state index in [1.54, 1.807) is 6.07 Å². The van der Waals surface area contributed by atoms with Crippen LogP contribution in [0.15, 0.2) is 36.4 Å². The van der Waals surface area contributed by atoms with Crippen LogP contribution >= 0.6 is 11.8 Å². The van der Waals surface area contributed by atoms with E-state index in [0.29, 0.717) is 28.8 Å². The van der Waals surface area contributed by atoms with Crippen molar-refractivity contribution < 1.29 is 32.2 Å². The number of thioether (sulfide) groups is 1. The van der Waals surface area contributed by atoms with Gasteiger partial charge in [0, 0.05) is 18.2 Å². The second kappa shape index (κ2) is 8.76. The number of halogens is 3. The van der Waals surface area contributed by atoms with Gasteiger partial charge in [-0.1, -0.05) is 39.8 Å². The first-order valence-corrected chi connectivity index (χ1v) is 12.2. The zero-order chi connectivity index (χ0) is 25.8. The molecule has 1 fully saturated rings. The third-order valence-electron chi connectivity index (χ3n) is 6.94. The van der Waals surface area contributed by atoms with Crippen molar-refractivity contribution in [3.05, 3.63) is 53.1 Å². The maximum atomic E-state index is 13.0. The number of anilines is 1. The van der Waals surface area contributed by atoms with Gasteiger partial charge in [0.15, 0.2) is 0 Å². The van der Waals surface area contributed by atoms with Crippen LogP contribution < -0.4 is 14.4 Å². The maximum absolute atomic E-state index is 13.0. The zero-order valence-corrected chi connectivity index (χ0v) is 21.1. The lowest BCUT2D eigenvalue weighted by Gasteiger charge is -2.42. The van der Waals surface area contributed by atoms with E-state index in [2.05, 4.69) is 32.4 Å². The summed E-state index contributed by atoms with van der Waals surface area (Å²) in [5.41, 5.74) is 2.98. The van der Waals surface area contributed by atoms with Gasteiger partial charge < -0.3 is 9.47 Å². The van der Waals surface area contributed by atoms with E-state index in [-0.39, 0.29) is 28.1 Å². The van der Waals surface area contributed by atoms with E-state index >= 15 is 0 Å². The lowest BCUT2D eigenvalue weighted by atomic mass is 9.63. The molecule has 1 amide bonds. The molecule has 0 saturated carbocycles. The number of carbonyl (C=O) groups excluding carboxylic acids is 2. The van der Waals surface area contributed by atoms with E-state index in [4.69, 9.17) is 4.74 Å². The number of hydrogen-bond donors (Lipinski definition) is 0. The smallest absolute Gasteiger partial charge is 0.495 e. The van der Waals surface area contributed by atoms with Crippen LogP contribution in [0.1, 0.15) is 57.2 Å². The van der Waals surface area contributed by atoms with Crippen LogP contribution in [0, 0.1) is 0 Å². The van der Waals surface area contributed by atoms with Crippen molar-refractivity contribution >= 4 is 27.8 Å². The van der Waals surface area contributed by atoms with Crippen molar-refractivity contribution in [1.82, 2.24) is 0 Å². The molecule has 0 spiro atoms. The molecule has 1 heterocycles. The van der Waals surface area contributed by atoms with Crippen LogP contribution in [0.3, 0.4) is 0 Å². The molecular formula is C26H28F3NO4S. The van der Waals surface area contributed by atoms with Gasteiger partial charge in [-0.25, -0.2) is 0 Å². The molecule has 4 rings (SSSR count). The normalized spacial score (nSPS) is 21.1. The summed E-state index contributed by atoms with van der Waals surface area (Å²) in [6.07, 6.45) is -2.81. The van der Waals surface area contributed by atoms with E-state index in [0.717, 1.165) is 24.0 Å². The van der Waals surface area contributed by atoms with E-state index < -0.39 is 17.6 Å². The third kappa shape index (κ3) is 5.01. The number of benzene rings is 2. The number of amides is 1. The summed E-state index contributed by atoms with van der Waals surface area (Å²) in [6, 6.07) is 8.49. The molecule has 0 radical (unpaired) electrons. The number of nitrogens with zero attached hydrogens (tertiary/aromatic N) is 1. The van der Waals surface area contributed by atoms with Crippen LogP contribution in [0.25, 0.3) is 0 Å². The highest BCUT2D eigenvalue weighted by molar-refractivity contribution is 8.27. The zero-order valence-electron chi connectivity index (χ0n) is 20.3. The molecule has 35 heavy (non-hydrogen) atoms. The predicted molar refractivity (Wildman–Crippen MR) is 129 cm³/mol. The number of rotatable bonds is 5. The van der Waals surface area contributed by atoms with E-state index in [9.17, 15) is 22.8 Å². The number of carbonyl (C=O) groups is 2. The second-order valence-electron chi connectivity index (χ2n) is 10.3. The lowest BCUT2D eigenvalue weighted by molar-refractivity contribution is -0.274. The van der Waals surface area contributed by atoms with Gasteiger partial charge >= 0.3 is 6.36 Å². The Hall–Kier alpha value is -2.68. The van der Waals surface area contributed by atoms with Crippen molar-refractivity contribution in [2.24, 2.45) is 0 Å². The Kier molecular flexibility index (Phi) is 6.36. The largest absolute Gasteiger partial charge is 0.573 e. The van der Waals surface area contributed by atoms with E-state index in [1.807, 2.05) is 12.1 Å². The summed E-state index contributed by atoms with van der Waals surface area (Å²) in [7, 11) is 1.52. The van der Waals surface area contributed by atoms with Gasteiger partial charge in [0.1, 0.15) is 17.5 Å². The Morgan fingerprint density at radius 2 is 1.66 bits per heavy atom. The van der Waals surface area contributed by atoms with E-state index in [1.165, 1.54) is 30.2 Å². The Bertz CT molecular complexity index is 1180. The maximum Gasteiger partial charge on any atom is 0.573 e. The first-order valence-electron chi connectivity index (χ1n) is 11.3. The van der Waals surface area contributed by atoms with Crippen molar-refractivity contribution in [2.45, 2.75) is 70.2 Å². The van der Waals surface area contributed by atoms with Gasteiger partial charge in [0.2, 0.25) is 5.12 Å². The third-order valence-corrected chi connectivity index (χ3v) is 7.79. The molecule has 188 valence electrons. The number of alkyl halides is 3. The van der Waals surface area contributed by atoms with Crippen molar-refractivity contribution in [2.75, 3.05) is 12.0 Å². The summed E-state index contributed by atoms with van der Waals surface area (Å²) < 4.78 is 47.7. The highest BCUT2D eigenvalue weighted by Gasteiger charge is 2.44. The molecule has 0 bridgehead atoms. The first kappa shape index (κ1) is 25.4. The molecule has 1 aliphatic heterocycles. The van der Waals surface area contributed by atoms with Gasteiger partial charge in [0.05, 0.1) is 12.8 Å². The highest BCUT2D eigenvalue weighted by Crippen LogP contribution is 2.50. The van der Waals surface area contributed by atoms with Gasteiger partial charge in [-0.2, -0.15) is 0 Å². The second-order valence-corrected chi connectivity index (χ2v) is 11.3. The fourth-order valence-electron chi connectivity index (χ4n) is 4.90. The minimum absolute atomic E-state index is 0.0434. The molecule has 0 aromatic heterocycles. The van der Waals surface area contributed by atoms with Gasteiger partial charge in [0.25, 0.3) is 5.24 Å². The van der Waals surface area contributed by atoms with Crippen LogP contribution in [-0.2, 0) is 22.0 Å². The Labute approximate surface area is 207 Å². The summed E-state index contributed by atoms with van der Waals surface area (Å²) in [5, 5.41) is -0.801. The fraction of sp³-hybridized carbons (Fsp3) is 0.462. The molecule has 0 N–H and O–H groups in total. The molecule has 1 aliphatic carbocycles. The molecule has 2 aliphatic rings. The first-order chi connectivity index (χ1) is 16.2. The average molecular weight is 508 g/mol. The van der Waals surface area contributed by atoms with Gasteiger partial charge in [-0.15, -0.1) is 13.2 Å². The number of fused-ring (bicyclic) bond motifs is 1. The Morgan fingerprint density at radius 1 is 1.03 bits per heavy atom. The molecule has 9 heteroatoms. The topological polar surface area (TPSA) is 55.8 Å². The summed E-state index contributed by atoms with van der Waals surface area (Å²) in [5.74, 6) is 0.110. The van der Waals surface area contributed by atoms with Gasteiger partial charge in [-0.3, -0.25) is 14.5 Å². The molecule has 1 saturated heterocycles. The molecule has 1 unspecified atom stereocenters. The SMILES string of the molecule is COc1cc2c(cc1N1C(=O)SC(=O)C1Cc1cccc(OC(F)(F)F)c1)C(C)(C)CCC2(C)C. The minimum Gasteiger partial charge on any atom is -0.495 e. The summed E-state index contributed by atoms with van der Waals surface area (Å²) in [4.78, 5) is 27.3. The van der Waals surface area contributed by atoms with Crippen LogP contribution in [-0.4, -0.2) is 29.9 Å². The standard InChI is InChI=1S/C26H28F3NO4S/c1-24(2)9-10-25(3,4)18-14-21(33-5)19(13-17(18)24)30-20(22(31)35-23(30)32)12-15-7-6-8-16(11-15)34-26(27,28)29/h6-8,11,13-14,20H,9-10,12H2,1-5H3. The fourth-order valence-corrected chi connectivity index (χ4v) is 5.72. The molecule has 2 aromatic carbocycles. The van der Waals surface area contributed by atoms with Crippen molar-refractivity contribution in [3.63, 3.8) is 0 Å². The van der Waals surface area contributed by atoms with Crippen molar-refractivity contribution in [3.8, 4) is 11.5 Å². The predicted octanol–water partition coefficient (Wildman–Crippen LogP) is 6.75.